The van der Waals surface area contributed by atoms with Gasteiger partial charge in [-0.1, -0.05) is 0 Å². The molecule has 0 unspecified atom stereocenters. The molecule has 1 aliphatic rings. The molecule has 2 rings (SSSR count). The van der Waals surface area contributed by atoms with Crippen molar-refractivity contribution in [3.63, 3.8) is 0 Å². The summed E-state index contributed by atoms with van der Waals surface area (Å²) in [4.78, 5) is 36.7. The standard InChI is InChI=1S/C16H19F3N4O3/c17-10-3-4-11(15(19)14(10)18)22-12(24)9-21-16(26)20-6-5-13(25)23-7-1-2-8-23/h3-4H,1-2,5-9H2,(H,22,24)(H2,20,21,26). The molecule has 1 aromatic carbocycles. The molecule has 1 fully saturated rings. The number of likely N-dealkylation sites (tertiary alicyclic amines) is 1. The van der Waals surface area contributed by atoms with Crippen LogP contribution in [0.25, 0.3) is 0 Å². The predicted molar refractivity (Wildman–Crippen MR) is 86.8 cm³/mol. The lowest BCUT2D eigenvalue weighted by Gasteiger charge is -2.15. The summed E-state index contributed by atoms with van der Waals surface area (Å²) in [6.45, 7) is 1.06. The van der Waals surface area contributed by atoms with Gasteiger partial charge in [0.1, 0.15) is 0 Å². The maximum absolute atomic E-state index is 13.4. The average Bonchev–Trinajstić information content (AvgIpc) is 3.15. The normalized spacial score (nSPS) is 13.4. The number of benzene rings is 1. The lowest BCUT2D eigenvalue weighted by molar-refractivity contribution is -0.130. The Labute approximate surface area is 147 Å². The SMILES string of the molecule is O=C(CNC(=O)NCCC(=O)N1CCCC1)Nc1ccc(F)c(F)c1F. The first-order valence-electron chi connectivity index (χ1n) is 8.11. The maximum atomic E-state index is 13.4. The molecule has 0 saturated carbocycles. The molecule has 0 bridgehead atoms. The minimum atomic E-state index is -1.70. The monoisotopic (exact) mass is 372 g/mol. The molecule has 0 radical (unpaired) electrons. The third-order valence-corrected chi connectivity index (χ3v) is 3.80. The fraction of sp³-hybridized carbons (Fsp3) is 0.438. The van der Waals surface area contributed by atoms with E-state index in [4.69, 9.17) is 0 Å². The topological polar surface area (TPSA) is 90.5 Å². The van der Waals surface area contributed by atoms with Gasteiger partial charge in [-0.3, -0.25) is 9.59 Å². The third-order valence-electron chi connectivity index (χ3n) is 3.80. The van der Waals surface area contributed by atoms with Gasteiger partial charge >= 0.3 is 6.03 Å². The number of carbonyl (C=O) groups excluding carboxylic acids is 3. The molecule has 1 heterocycles. The van der Waals surface area contributed by atoms with Crippen molar-refractivity contribution in [2.45, 2.75) is 19.3 Å². The van der Waals surface area contributed by atoms with Crippen LogP contribution in [0, 0.1) is 17.5 Å². The highest BCUT2D eigenvalue weighted by Gasteiger charge is 2.18. The molecule has 4 amide bonds. The van der Waals surface area contributed by atoms with E-state index in [1.54, 1.807) is 4.90 Å². The molecule has 0 aliphatic carbocycles. The van der Waals surface area contributed by atoms with E-state index in [-0.39, 0.29) is 18.9 Å². The Balaban J connectivity index is 1.67. The van der Waals surface area contributed by atoms with Gasteiger partial charge in [0, 0.05) is 26.1 Å². The van der Waals surface area contributed by atoms with Crippen LogP contribution in [-0.2, 0) is 9.59 Å². The number of hydrogen-bond acceptors (Lipinski definition) is 3. The molecule has 10 heteroatoms. The van der Waals surface area contributed by atoms with Gasteiger partial charge in [-0.15, -0.1) is 0 Å². The van der Waals surface area contributed by atoms with Crippen LogP contribution in [0.5, 0.6) is 0 Å². The quantitative estimate of drug-likeness (QED) is 0.659. The van der Waals surface area contributed by atoms with Crippen LogP contribution in [0.1, 0.15) is 19.3 Å². The Kier molecular flexibility index (Phi) is 6.81. The zero-order chi connectivity index (χ0) is 19.1. The number of anilines is 1. The van der Waals surface area contributed by atoms with Gasteiger partial charge in [-0.2, -0.15) is 0 Å². The van der Waals surface area contributed by atoms with Crippen molar-refractivity contribution < 1.29 is 27.6 Å². The second kappa shape index (κ2) is 9.07. The van der Waals surface area contributed by atoms with Crippen molar-refractivity contribution in [2.24, 2.45) is 0 Å². The Morgan fingerprint density at radius 1 is 1.00 bits per heavy atom. The molecule has 1 aliphatic heterocycles. The number of hydrogen-bond donors (Lipinski definition) is 3. The largest absolute Gasteiger partial charge is 0.343 e. The van der Waals surface area contributed by atoms with E-state index < -0.39 is 41.6 Å². The van der Waals surface area contributed by atoms with E-state index in [0.29, 0.717) is 6.07 Å². The summed E-state index contributed by atoms with van der Waals surface area (Å²) in [6, 6.07) is 0.862. The van der Waals surface area contributed by atoms with E-state index >= 15 is 0 Å². The Morgan fingerprint density at radius 2 is 1.69 bits per heavy atom. The molecule has 7 nitrogen and oxygen atoms in total. The summed E-state index contributed by atoms with van der Waals surface area (Å²) in [6.07, 6.45) is 2.11. The fourth-order valence-electron chi connectivity index (χ4n) is 2.45. The lowest BCUT2D eigenvalue weighted by atomic mass is 10.2. The van der Waals surface area contributed by atoms with E-state index in [9.17, 15) is 27.6 Å². The highest BCUT2D eigenvalue weighted by atomic mass is 19.2. The van der Waals surface area contributed by atoms with E-state index in [0.717, 1.165) is 32.0 Å². The number of carbonyl (C=O) groups is 3. The van der Waals surface area contributed by atoms with Crippen molar-refractivity contribution in [3.8, 4) is 0 Å². The lowest BCUT2D eigenvalue weighted by Crippen LogP contribution is -2.41. The summed E-state index contributed by atoms with van der Waals surface area (Å²) in [5.74, 6) is -5.46. The number of rotatable bonds is 6. The summed E-state index contributed by atoms with van der Waals surface area (Å²) in [5, 5.41) is 6.66. The smallest absolute Gasteiger partial charge is 0.315 e. The minimum absolute atomic E-state index is 0.0469. The molecular formula is C16H19F3N4O3. The Morgan fingerprint density at radius 3 is 2.38 bits per heavy atom. The van der Waals surface area contributed by atoms with Crippen LogP contribution in [0.15, 0.2) is 12.1 Å². The van der Waals surface area contributed by atoms with Gasteiger partial charge in [-0.25, -0.2) is 18.0 Å². The number of halogens is 3. The van der Waals surface area contributed by atoms with Crippen LogP contribution in [0.2, 0.25) is 0 Å². The Hall–Kier alpha value is -2.78. The highest BCUT2D eigenvalue weighted by molar-refractivity contribution is 5.94. The van der Waals surface area contributed by atoms with Gasteiger partial charge in [0.15, 0.2) is 17.5 Å². The van der Waals surface area contributed by atoms with Crippen molar-refractivity contribution in [1.29, 1.82) is 0 Å². The van der Waals surface area contributed by atoms with Crippen LogP contribution in [-0.4, -0.2) is 48.9 Å². The van der Waals surface area contributed by atoms with Crippen molar-refractivity contribution in [3.05, 3.63) is 29.6 Å². The van der Waals surface area contributed by atoms with Gasteiger partial charge in [-0.05, 0) is 25.0 Å². The highest BCUT2D eigenvalue weighted by Crippen LogP contribution is 2.19. The van der Waals surface area contributed by atoms with Gasteiger partial charge in [0.25, 0.3) is 0 Å². The first kappa shape index (κ1) is 19.5. The third kappa shape index (κ3) is 5.36. The van der Waals surface area contributed by atoms with Crippen LogP contribution in [0.3, 0.4) is 0 Å². The summed E-state index contributed by atoms with van der Waals surface area (Å²) in [5.41, 5.74) is -0.535. The van der Waals surface area contributed by atoms with E-state index in [1.165, 1.54) is 0 Å². The molecule has 3 N–H and O–H groups in total. The molecule has 1 saturated heterocycles. The van der Waals surface area contributed by atoms with E-state index in [1.807, 2.05) is 5.32 Å². The van der Waals surface area contributed by atoms with E-state index in [2.05, 4.69) is 10.6 Å². The molecule has 26 heavy (non-hydrogen) atoms. The molecule has 142 valence electrons. The van der Waals surface area contributed by atoms with Gasteiger partial charge < -0.3 is 20.9 Å². The van der Waals surface area contributed by atoms with Gasteiger partial charge in [0.05, 0.1) is 12.2 Å². The molecule has 0 spiro atoms. The second-order valence-corrected chi connectivity index (χ2v) is 5.72. The Bertz CT molecular complexity index is 694. The van der Waals surface area contributed by atoms with Crippen LogP contribution in [0.4, 0.5) is 23.7 Å². The minimum Gasteiger partial charge on any atom is -0.343 e. The van der Waals surface area contributed by atoms with Crippen molar-refractivity contribution in [1.82, 2.24) is 15.5 Å². The average molecular weight is 372 g/mol. The molecule has 1 aromatic rings. The maximum Gasteiger partial charge on any atom is 0.315 e. The number of nitrogens with zero attached hydrogens (tertiary/aromatic N) is 1. The van der Waals surface area contributed by atoms with Crippen LogP contribution < -0.4 is 16.0 Å². The predicted octanol–water partition coefficient (Wildman–Crippen LogP) is 1.35. The summed E-state index contributed by atoms with van der Waals surface area (Å²) >= 11 is 0. The first-order chi connectivity index (χ1) is 12.4. The van der Waals surface area contributed by atoms with Gasteiger partial charge in [0.2, 0.25) is 11.8 Å². The van der Waals surface area contributed by atoms with Crippen LogP contribution >= 0.6 is 0 Å². The summed E-state index contributed by atoms with van der Waals surface area (Å²) in [7, 11) is 0. The second-order valence-electron chi connectivity index (χ2n) is 5.72. The van der Waals surface area contributed by atoms with Crippen molar-refractivity contribution in [2.75, 3.05) is 31.5 Å². The molecular weight excluding hydrogens is 353 g/mol. The first-order valence-corrected chi connectivity index (χ1v) is 8.11. The van der Waals surface area contributed by atoms with Crippen molar-refractivity contribution >= 4 is 23.5 Å². The fourth-order valence-corrected chi connectivity index (χ4v) is 2.45. The number of nitrogens with one attached hydrogen (secondary N) is 3. The molecule has 0 aromatic heterocycles. The zero-order valence-corrected chi connectivity index (χ0v) is 13.9. The number of urea groups is 1. The molecule has 0 atom stereocenters. The number of amides is 4. The summed E-state index contributed by atoms with van der Waals surface area (Å²) < 4.78 is 39.3. The zero-order valence-electron chi connectivity index (χ0n) is 13.9.